The number of aryl methyl sites for hydroxylation is 2. The molecule has 27 heavy (non-hydrogen) atoms. The molecule has 0 N–H and O–H groups in total. The van der Waals surface area contributed by atoms with Crippen LogP contribution in [0.3, 0.4) is 0 Å². The summed E-state index contributed by atoms with van der Waals surface area (Å²) < 4.78 is 0. The van der Waals surface area contributed by atoms with Gasteiger partial charge in [0.2, 0.25) is 0 Å². The summed E-state index contributed by atoms with van der Waals surface area (Å²) in [6, 6.07) is 22.4. The second kappa shape index (κ2) is 7.24. The molecular formula is C25H23NO. The molecule has 0 amide bonds. The van der Waals surface area contributed by atoms with Crippen LogP contribution in [0.25, 0.3) is 6.08 Å². The SMILES string of the molecule is Cc1cc2c(cc1C)CN(c1ccc(C(=O)/C=C/c3ccccc3)cc1)C2. The van der Waals surface area contributed by atoms with Gasteiger partial charge in [0.15, 0.2) is 5.78 Å². The second-order valence-electron chi connectivity index (χ2n) is 7.22. The van der Waals surface area contributed by atoms with Crippen molar-refractivity contribution in [3.63, 3.8) is 0 Å². The third-order valence-corrected chi connectivity index (χ3v) is 5.28. The first-order valence-electron chi connectivity index (χ1n) is 9.31. The van der Waals surface area contributed by atoms with Gasteiger partial charge in [0.05, 0.1) is 0 Å². The van der Waals surface area contributed by atoms with Crippen LogP contribution in [0, 0.1) is 13.8 Å². The minimum Gasteiger partial charge on any atom is -0.363 e. The number of rotatable bonds is 4. The molecule has 1 heterocycles. The fourth-order valence-corrected chi connectivity index (χ4v) is 3.55. The van der Waals surface area contributed by atoms with Gasteiger partial charge in [-0.05, 0) is 72.0 Å². The van der Waals surface area contributed by atoms with E-state index in [-0.39, 0.29) is 5.78 Å². The Morgan fingerprint density at radius 3 is 2.04 bits per heavy atom. The van der Waals surface area contributed by atoms with Crippen LogP contribution < -0.4 is 4.90 Å². The van der Waals surface area contributed by atoms with E-state index in [2.05, 4.69) is 43.0 Å². The zero-order valence-corrected chi connectivity index (χ0v) is 15.8. The van der Waals surface area contributed by atoms with E-state index in [9.17, 15) is 4.79 Å². The molecular weight excluding hydrogens is 330 g/mol. The average Bonchev–Trinajstić information content (AvgIpc) is 3.10. The van der Waals surface area contributed by atoms with Crippen LogP contribution in [0.1, 0.15) is 38.2 Å². The maximum absolute atomic E-state index is 12.4. The van der Waals surface area contributed by atoms with E-state index < -0.39 is 0 Å². The maximum Gasteiger partial charge on any atom is 0.185 e. The number of fused-ring (bicyclic) bond motifs is 1. The molecule has 2 nitrogen and oxygen atoms in total. The number of allylic oxidation sites excluding steroid dienone is 1. The topological polar surface area (TPSA) is 20.3 Å². The third-order valence-electron chi connectivity index (χ3n) is 5.28. The van der Waals surface area contributed by atoms with Gasteiger partial charge < -0.3 is 4.90 Å². The molecule has 0 aromatic heterocycles. The van der Waals surface area contributed by atoms with Gasteiger partial charge in [-0.1, -0.05) is 48.5 Å². The molecule has 0 fully saturated rings. The van der Waals surface area contributed by atoms with Crippen molar-refractivity contribution in [1.82, 2.24) is 0 Å². The first-order chi connectivity index (χ1) is 13.1. The van der Waals surface area contributed by atoms with Crippen LogP contribution in [0.15, 0.2) is 72.8 Å². The number of hydrogen-bond acceptors (Lipinski definition) is 2. The Hall–Kier alpha value is -3.13. The minimum atomic E-state index is 0.0290. The number of carbonyl (C=O) groups excluding carboxylic acids is 1. The summed E-state index contributed by atoms with van der Waals surface area (Å²) in [5.41, 5.74) is 8.42. The molecule has 4 rings (SSSR count). The molecule has 0 saturated heterocycles. The van der Waals surface area contributed by atoms with Crippen molar-refractivity contribution in [2.75, 3.05) is 4.90 Å². The standard InChI is InChI=1S/C25H23NO/c1-18-14-22-16-26(17-23(22)15-19(18)2)24-11-9-21(10-12-24)25(27)13-8-20-6-4-3-5-7-20/h3-15H,16-17H2,1-2H3/b13-8+. The Labute approximate surface area is 160 Å². The van der Waals surface area contributed by atoms with Crippen molar-refractivity contribution in [1.29, 1.82) is 0 Å². The fraction of sp³-hybridized carbons (Fsp3) is 0.160. The largest absolute Gasteiger partial charge is 0.363 e. The van der Waals surface area contributed by atoms with Gasteiger partial charge in [-0.3, -0.25) is 4.79 Å². The zero-order valence-electron chi connectivity index (χ0n) is 15.8. The lowest BCUT2D eigenvalue weighted by atomic mass is 10.0. The lowest BCUT2D eigenvalue weighted by Gasteiger charge is -2.17. The monoisotopic (exact) mass is 353 g/mol. The first kappa shape index (κ1) is 17.3. The third kappa shape index (κ3) is 3.70. The van der Waals surface area contributed by atoms with Crippen LogP contribution in [0.4, 0.5) is 5.69 Å². The van der Waals surface area contributed by atoms with Gasteiger partial charge in [-0.25, -0.2) is 0 Å². The molecule has 0 saturated carbocycles. The molecule has 3 aromatic carbocycles. The van der Waals surface area contributed by atoms with Crippen LogP contribution >= 0.6 is 0 Å². The Morgan fingerprint density at radius 2 is 1.44 bits per heavy atom. The highest BCUT2D eigenvalue weighted by molar-refractivity contribution is 6.07. The van der Waals surface area contributed by atoms with E-state index in [1.165, 1.54) is 22.3 Å². The number of hydrogen-bond donors (Lipinski definition) is 0. The van der Waals surface area contributed by atoms with Gasteiger partial charge in [-0.2, -0.15) is 0 Å². The van der Waals surface area contributed by atoms with E-state index in [4.69, 9.17) is 0 Å². The summed E-state index contributed by atoms with van der Waals surface area (Å²) in [6.07, 6.45) is 3.50. The molecule has 3 aromatic rings. The Morgan fingerprint density at radius 1 is 0.852 bits per heavy atom. The van der Waals surface area contributed by atoms with Crippen molar-refractivity contribution in [2.45, 2.75) is 26.9 Å². The molecule has 0 unspecified atom stereocenters. The highest BCUT2D eigenvalue weighted by atomic mass is 16.1. The lowest BCUT2D eigenvalue weighted by molar-refractivity contribution is 0.104. The fourth-order valence-electron chi connectivity index (χ4n) is 3.55. The van der Waals surface area contributed by atoms with Crippen LogP contribution in [-0.4, -0.2) is 5.78 Å². The molecule has 0 radical (unpaired) electrons. The van der Waals surface area contributed by atoms with E-state index in [0.29, 0.717) is 5.56 Å². The summed E-state index contributed by atoms with van der Waals surface area (Å²) in [6.45, 7) is 6.19. The Balaban J connectivity index is 1.47. The second-order valence-corrected chi connectivity index (χ2v) is 7.22. The molecule has 2 heteroatoms. The molecule has 0 bridgehead atoms. The zero-order chi connectivity index (χ0) is 18.8. The highest BCUT2D eigenvalue weighted by Crippen LogP contribution is 2.30. The lowest BCUT2D eigenvalue weighted by Crippen LogP contribution is -2.14. The van der Waals surface area contributed by atoms with Gasteiger partial charge in [0.25, 0.3) is 0 Å². The van der Waals surface area contributed by atoms with Crippen molar-refractivity contribution in [2.24, 2.45) is 0 Å². The van der Waals surface area contributed by atoms with Crippen LogP contribution in [0.5, 0.6) is 0 Å². The number of benzene rings is 3. The number of anilines is 1. The molecule has 0 spiro atoms. The number of ketones is 1. The van der Waals surface area contributed by atoms with Crippen LogP contribution in [-0.2, 0) is 13.1 Å². The smallest absolute Gasteiger partial charge is 0.185 e. The van der Waals surface area contributed by atoms with Crippen molar-refractivity contribution < 1.29 is 4.79 Å². The van der Waals surface area contributed by atoms with E-state index in [1.807, 2.05) is 48.5 Å². The minimum absolute atomic E-state index is 0.0290. The average molecular weight is 353 g/mol. The summed E-state index contributed by atoms with van der Waals surface area (Å²) in [7, 11) is 0. The molecule has 1 aliphatic rings. The summed E-state index contributed by atoms with van der Waals surface area (Å²) in [4.78, 5) is 14.8. The van der Waals surface area contributed by atoms with Gasteiger partial charge in [0.1, 0.15) is 0 Å². The first-order valence-corrected chi connectivity index (χ1v) is 9.31. The van der Waals surface area contributed by atoms with Gasteiger partial charge in [-0.15, -0.1) is 0 Å². The predicted octanol–water partition coefficient (Wildman–Crippen LogP) is 5.72. The molecule has 1 aliphatic heterocycles. The Kier molecular flexibility index (Phi) is 4.64. The normalized spacial score (nSPS) is 13.2. The molecule has 0 aliphatic carbocycles. The maximum atomic E-state index is 12.4. The highest BCUT2D eigenvalue weighted by Gasteiger charge is 2.20. The summed E-state index contributed by atoms with van der Waals surface area (Å²) >= 11 is 0. The van der Waals surface area contributed by atoms with Crippen molar-refractivity contribution >= 4 is 17.5 Å². The predicted molar refractivity (Wildman–Crippen MR) is 112 cm³/mol. The summed E-state index contributed by atoms with van der Waals surface area (Å²) in [5.74, 6) is 0.0290. The molecule has 0 atom stereocenters. The van der Waals surface area contributed by atoms with E-state index in [1.54, 1.807) is 6.08 Å². The van der Waals surface area contributed by atoms with Crippen LogP contribution in [0.2, 0.25) is 0 Å². The Bertz CT molecular complexity index is 969. The van der Waals surface area contributed by atoms with Gasteiger partial charge in [0, 0.05) is 24.3 Å². The quantitative estimate of drug-likeness (QED) is 0.442. The molecule has 134 valence electrons. The van der Waals surface area contributed by atoms with E-state index in [0.717, 1.165) is 24.3 Å². The van der Waals surface area contributed by atoms with E-state index >= 15 is 0 Å². The number of nitrogens with zero attached hydrogens (tertiary/aromatic N) is 1. The van der Waals surface area contributed by atoms with Crippen molar-refractivity contribution in [3.05, 3.63) is 106 Å². The number of carbonyl (C=O) groups is 1. The van der Waals surface area contributed by atoms with Gasteiger partial charge >= 0.3 is 0 Å². The van der Waals surface area contributed by atoms with Crippen molar-refractivity contribution in [3.8, 4) is 0 Å². The summed E-state index contributed by atoms with van der Waals surface area (Å²) in [5, 5.41) is 0.